The summed E-state index contributed by atoms with van der Waals surface area (Å²) in [6.07, 6.45) is 2.21. The normalized spacial score (nSPS) is 11.0. The van der Waals surface area contributed by atoms with Gasteiger partial charge in [0.25, 0.3) is 0 Å². The zero-order valence-electron chi connectivity index (χ0n) is 14.5. The van der Waals surface area contributed by atoms with Crippen LogP contribution < -0.4 is 4.74 Å². The summed E-state index contributed by atoms with van der Waals surface area (Å²) in [6.45, 7) is 5.09. The highest BCUT2D eigenvalue weighted by Gasteiger charge is 2.11. The van der Waals surface area contributed by atoms with Crippen LogP contribution in [0.5, 0.6) is 5.75 Å². The first-order valence-corrected chi connectivity index (χ1v) is 8.04. The van der Waals surface area contributed by atoms with Gasteiger partial charge in [0.1, 0.15) is 18.7 Å². The number of benzene rings is 1. The molecule has 9 nitrogen and oxygen atoms in total. The van der Waals surface area contributed by atoms with Crippen molar-refractivity contribution in [3.05, 3.63) is 35.4 Å². The minimum atomic E-state index is -0.114. The lowest BCUT2D eigenvalue weighted by Gasteiger charge is -2.13. The van der Waals surface area contributed by atoms with E-state index in [2.05, 4.69) is 25.5 Å². The SMILES string of the molecule is Cc1cc(-c2nnn(C)n2)cc(C)c1OCCCn1ncnc1CO. The van der Waals surface area contributed by atoms with Gasteiger partial charge in [0.15, 0.2) is 5.82 Å². The van der Waals surface area contributed by atoms with Crippen LogP contribution in [-0.4, -0.2) is 46.7 Å². The molecule has 2 heterocycles. The Morgan fingerprint density at radius 1 is 1.20 bits per heavy atom. The molecular formula is C16H21N7O2. The van der Waals surface area contributed by atoms with Crippen molar-refractivity contribution in [3.8, 4) is 17.1 Å². The van der Waals surface area contributed by atoms with Crippen molar-refractivity contribution >= 4 is 0 Å². The van der Waals surface area contributed by atoms with E-state index in [0.717, 1.165) is 28.9 Å². The number of hydrogen-bond acceptors (Lipinski definition) is 7. The first-order chi connectivity index (χ1) is 12.1. The van der Waals surface area contributed by atoms with Crippen LogP contribution in [0.4, 0.5) is 0 Å². The number of rotatable bonds is 7. The van der Waals surface area contributed by atoms with Crippen molar-refractivity contribution in [2.24, 2.45) is 7.05 Å². The molecule has 0 bridgehead atoms. The highest BCUT2D eigenvalue weighted by Crippen LogP contribution is 2.28. The molecule has 0 aliphatic rings. The highest BCUT2D eigenvalue weighted by molar-refractivity contribution is 5.60. The first-order valence-electron chi connectivity index (χ1n) is 8.04. The Bertz CT molecular complexity index is 833. The predicted octanol–water partition coefficient (Wildman–Crippen LogP) is 1.05. The fourth-order valence-corrected chi connectivity index (χ4v) is 2.69. The molecule has 0 unspecified atom stereocenters. The Kier molecular flexibility index (Phi) is 5.03. The van der Waals surface area contributed by atoms with E-state index < -0.39 is 0 Å². The van der Waals surface area contributed by atoms with Gasteiger partial charge in [-0.3, -0.25) is 0 Å². The van der Waals surface area contributed by atoms with Gasteiger partial charge in [0, 0.05) is 18.5 Å². The van der Waals surface area contributed by atoms with Crippen LogP contribution in [0, 0.1) is 13.8 Å². The van der Waals surface area contributed by atoms with Gasteiger partial charge in [-0.15, -0.1) is 10.2 Å². The summed E-state index contributed by atoms with van der Waals surface area (Å²) in [5, 5.41) is 25.4. The lowest BCUT2D eigenvalue weighted by Crippen LogP contribution is -2.10. The van der Waals surface area contributed by atoms with Crippen molar-refractivity contribution in [3.63, 3.8) is 0 Å². The Morgan fingerprint density at radius 3 is 2.60 bits per heavy atom. The second-order valence-electron chi connectivity index (χ2n) is 5.80. The van der Waals surface area contributed by atoms with E-state index >= 15 is 0 Å². The second-order valence-corrected chi connectivity index (χ2v) is 5.80. The molecule has 1 N–H and O–H groups in total. The fraction of sp³-hybridized carbons (Fsp3) is 0.438. The van der Waals surface area contributed by atoms with E-state index in [9.17, 15) is 0 Å². The van der Waals surface area contributed by atoms with Crippen molar-refractivity contribution in [2.75, 3.05) is 6.61 Å². The minimum absolute atomic E-state index is 0.114. The Hall–Kier alpha value is -2.81. The maximum Gasteiger partial charge on any atom is 0.204 e. The average Bonchev–Trinajstić information content (AvgIpc) is 3.21. The molecule has 9 heteroatoms. The summed E-state index contributed by atoms with van der Waals surface area (Å²) < 4.78 is 7.64. The maximum absolute atomic E-state index is 9.17. The van der Waals surface area contributed by atoms with Gasteiger partial charge >= 0.3 is 0 Å². The molecule has 0 aliphatic heterocycles. The van der Waals surface area contributed by atoms with Crippen LogP contribution in [0.2, 0.25) is 0 Å². The second kappa shape index (κ2) is 7.39. The Balaban J connectivity index is 1.63. The lowest BCUT2D eigenvalue weighted by atomic mass is 10.1. The molecule has 0 saturated heterocycles. The minimum Gasteiger partial charge on any atom is -0.493 e. The van der Waals surface area contributed by atoms with E-state index in [1.807, 2.05) is 26.0 Å². The predicted molar refractivity (Wildman–Crippen MR) is 89.8 cm³/mol. The van der Waals surface area contributed by atoms with Crippen LogP contribution in [0.1, 0.15) is 23.4 Å². The van der Waals surface area contributed by atoms with E-state index in [-0.39, 0.29) is 6.61 Å². The molecule has 0 saturated carbocycles. The Morgan fingerprint density at radius 2 is 1.96 bits per heavy atom. The summed E-state index contributed by atoms with van der Waals surface area (Å²) in [6, 6.07) is 4.00. The van der Waals surface area contributed by atoms with E-state index in [1.54, 1.807) is 11.7 Å². The van der Waals surface area contributed by atoms with Crippen LogP contribution >= 0.6 is 0 Å². The van der Waals surface area contributed by atoms with Gasteiger partial charge in [-0.05, 0) is 42.3 Å². The van der Waals surface area contributed by atoms with Crippen molar-refractivity contribution in [2.45, 2.75) is 33.4 Å². The smallest absolute Gasteiger partial charge is 0.204 e. The van der Waals surface area contributed by atoms with Crippen molar-refractivity contribution in [1.82, 2.24) is 35.0 Å². The molecule has 132 valence electrons. The monoisotopic (exact) mass is 343 g/mol. The number of aliphatic hydroxyl groups is 1. The van der Waals surface area contributed by atoms with E-state index in [1.165, 1.54) is 11.1 Å². The Labute approximate surface area is 145 Å². The third-order valence-corrected chi connectivity index (χ3v) is 3.82. The number of aryl methyl sites for hydroxylation is 4. The van der Waals surface area contributed by atoms with E-state index in [4.69, 9.17) is 9.84 Å². The lowest BCUT2D eigenvalue weighted by molar-refractivity contribution is 0.255. The number of nitrogens with zero attached hydrogens (tertiary/aromatic N) is 7. The maximum atomic E-state index is 9.17. The first kappa shape index (κ1) is 17.0. The van der Waals surface area contributed by atoms with Gasteiger partial charge in [-0.2, -0.15) is 9.90 Å². The van der Waals surface area contributed by atoms with Crippen molar-refractivity contribution in [1.29, 1.82) is 0 Å². The van der Waals surface area contributed by atoms with Gasteiger partial charge in [0.05, 0.1) is 13.7 Å². The van der Waals surface area contributed by atoms with Gasteiger partial charge in [0.2, 0.25) is 5.82 Å². The van der Waals surface area contributed by atoms with Gasteiger partial charge in [-0.1, -0.05) is 0 Å². The van der Waals surface area contributed by atoms with Gasteiger partial charge in [-0.25, -0.2) is 9.67 Å². The molecule has 0 atom stereocenters. The third-order valence-electron chi connectivity index (χ3n) is 3.82. The molecular weight excluding hydrogens is 322 g/mol. The van der Waals surface area contributed by atoms with Crippen LogP contribution in [0.25, 0.3) is 11.4 Å². The fourth-order valence-electron chi connectivity index (χ4n) is 2.69. The summed E-state index contributed by atoms with van der Waals surface area (Å²) in [7, 11) is 1.74. The molecule has 3 rings (SSSR count). The summed E-state index contributed by atoms with van der Waals surface area (Å²) in [5.41, 5.74) is 2.98. The molecule has 25 heavy (non-hydrogen) atoms. The molecule has 1 aromatic carbocycles. The summed E-state index contributed by atoms with van der Waals surface area (Å²) in [5.74, 6) is 2.03. The highest BCUT2D eigenvalue weighted by atomic mass is 16.5. The topological polar surface area (TPSA) is 104 Å². The summed E-state index contributed by atoms with van der Waals surface area (Å²) >= 11 is 0. The third kappa shape index (κ3) is 3.82. The molecule has 0 spiro atoms. The molecule has 0 radical (unpaired) electrons. The number of aromatic nitrogens is 7. The zero-order valence-corrected chi connectivity index (χ0v) is 14.5. The standard InChI is InChI=1S/C16H21N7O2/c1-11-7-13(16-19-21-22(3)20-16)8-12(2)15(11)25-6-4-5-23-14(9-24)17-10-18-23/h7-8,10,24H,4-6,9H2,1-3H3. The number of tetrazole rings is 1. The van der Waals surface area contributed by atoms with Crippen LogP contribution in [0.15, 0.2) is 18.5 Å². The molecule has 0 amide bonds. The van der Waals surface area contributed by atoms with Gasteiger partial charge < -0.3 is 9.84 Å². The van der Waals surface area contributed by atoms with Crippen molar-refractivity contribution < 1.29 is 9.84 Å². The van der Waals surface area contributed by atoms with Crippen LogP contribution in [-0.2, 0) is 20.2 Å². The number of ether oxygens (including phenoxy) is 1. The zero-order chi connectivity index (χ0) is 17.8. The quantitative estimate of drug-likeness (QED) is 0.639. The van der Waals surface area contributed by atoms with E-state index in [0.29, 0.717) is 24.8 Å². The number of aliphatic hydroxyl groups excluding tert-OH is 1. The largest absolute Gasteiger partial charge is 0.493 e. The molecule has 0 fully saturated rings. The summed E-state index contributed by atoms with van der Waals surface area (Å²) in [4.78, 5) is 5.42. The molecule has 2 aromatic heterocycles. The number of hydrogen-bond donors (Lipinski definition) is 1. The average molecular weight is 343 g/mol. The van der Waals surface area contributed by atoms with Crippen LogP contribution in [0.3, 0.4) is 0 Å². The molecule has 0 aliphatic carbocycles. The molecule has 3 aromatic rings.